The van der Waals surface area contributed by atoms with Crippen molar-refractivity contribution in [2.75, 3.05) is 7.05 Å². The summed E-state index contributed by atoms with van der Waals surface area (Å²) >= 11 is 0. The molecular formula is C20H23N. The maximum atomic E-state index is 3.66. The van der Waals surface area contributed by atoms with Crippen molar-refractivity contribution in [3.63, 3.8) is 0 Å². The van der Waals surface area contributed by atoms with E-state index in [9.17, 15) is 0 Å². The Bertz CT molecular complexity index is 600. The zero-order valence-electron chi connectivity index (χ0n) is 12.6. The van der Waals surface area contributed by atoms with Gasteiger partial charge >= 0.3 is 0 Å². The lowest BCUT2D eigenvalue weighted by molar-refractivity contribution is 0.395. The molecule has 2 saturated carbocycles. The second kappa shape index (κ2) is 4.99. The molecule has 1 heteroatoms. The average molecular weight is 277 g/mol. The topological polar surface area (TPSA) is 12.0 Å². The van der Waals surface area contributed by atoms with Crippen LogP contribution in [0.4, 0.5) is 0 Å². The van der Waals surface area contributed by atoms with Crippen LogP contribution in [0.15, 0.2) is 60.7 Å². The van der Waals surface area contributed by atoms with Crippen molar-refractivity contribution in [2.24, 2.45) is 5.92 Å². The van der Waals surface area contributed by atoms with Gasteiger partial charge in [0.05, 0.1) is 0 Å². The van der Waals surface area contributed by atoms with Gasteiger partial charge in [-0.1, -0.05) is 60.7 Å². The Morgan fingerprint density at radius 1 is 0.952 bits per heavy atom. The molecule has 2 fully saturated rings. The van der Waals surface area contributed by atoms with Crippen molar-refractivity contribution in [1.29, 1.82) is 0 Å². The lowest BCUT2D eigenvalue weighted by Gasteiger charge is -2.28. The molecule has 3 atom stereocenters. The minimum absolute atomic E-state index is 0.393. The van der Waals surface area contributed by atoms with Crippen LogP contribution in [0.5, 0.6) is 0 Å². The first-order valence-electron chi connectivity index (χ1n) is 8.13. The van der Waals surface area contributed by atoms with Gasteiger partial charge in [0.2, 0.25) is 0 Å². The van der Waals surface area contributed by atoms with Crippen LogP contribution in [0.1, 0.15) is 36.3 Å². The average Bonchev–Trinajstić information content (AvgIpc) is 3.45. The van der Waals surface area contributed by atoms with Gasteiger partial charge in [0.1, 0.15) is 0 Å². The van der Waals surface area contributed by atoms with E-state index in [1.54, 1.807) is 0 Å². The quantitative estimate of drug-likeness (QED) is 0.867. The van der Waals surface area contributed by atoms with E-state index >= 15 is 0 Å². The maximum absolute atomic E-state index is 3.66. The van der Waals surface area contributed by atoms with Gasteiger partial charge in [0.15, 0.2) is 0 Å². The van der Waals surface area contributed by atoms with Crippen molar-refractivity contribution in [3.8, 4) is 0 Å². The van der Waals surface area contributed by atoms with E-state index < -0.39 is 0 Å². The van der Waals surface area contributed by atoms with Crippen molar-refractivity contribution < 1.29 is 0 Å². The van der Waals surface area contributed by atoms with Crippen LogP contribution >= 0.6 is 0 Å². The molecule has 0 heterocycles. The van der Waals surface area contributed by atoms with E-state index in [2.05, 4.69) is 73.0 Å². The number of likely N-dealkylation sites (N-methyl/N-ethyl adjacent to an activating group) is 1. The molecular weight excluding hydrogens is 254 g/mol. The van der Waals surface area contributed by atoms with Gasteiger partial charge in [0.25, 0.3) is 0 Å². The molecule has 0 aromatic heterocycles. The van der Waals surface area contributed by atoms with E-state index in [1.807, 2.05) is 0 Å². The predicted octanol–water partition coefficient (Wildman–Crippen LogP) is 4.11. The van der Waals surface area contributed by atoms with Crippen LogP contribution in [-0.2, 0) is 5.41 Å². The molecule has 2 aliphatic carbocycles. The van der Waals surface area contributed by atoms with Crippen LogP contribution in [0, 0.1) is 5.92 Å². The summed E-state index contributed by atoms with van der Waals surface area (Å²) in [6.45, 7) is 0. The maximum Gasteiger partial charge on any atom is 0.0195 e. The molecule has 1 N–H and O–H groups in total. The van der Waals surface area contributed by atoms with Gasteiger partial charge in [-0.25, -0.2) is 0 Å². The van der Waals surface area contributed by atoms with Crippen LogP contribution in [0.2, 0.25) is 0 Å². The normalized spacial score (nSPS) is 27.1. The third-order valence-corrected chi connectivity index (χ3v) is 5.54. The number of hydrogen-bond acceptors (Lipinski definition) is 1. The van der Waals surface area contributed by atoms with Gasteiger partial charge < -0.3 is 5.32 Å². The third kappa shape index (κ3) is 2.20. The number of rotatable bonds is 5. The van der Waals surface area contributed by atoms with E-state index in [-0.39, 0.29) is 0 Å². The molecule has 2 aliphatic rings. The monoisotopic (exact) mass is 277 g/mol. The van der Waals surface area contributed by atoms with Crippen molar-refractivity contribution in [2.45, 2.75) is 36.6 Å². The fourth-order valence-electron chi connectivity index (χ4n) is 4.25. The number of benzene rings is 2. The minimum atomic E-state index is 0.393. The van der Waals surface area contributed by atoms with Crippen molar-refractivity contribution >= 4 is 0 Å². The summed E-state index contributed by atoms with van der Waals surface area (Å²) in [7, 11) is 2.15. The Hall–Kier alpha value is -1.60. The SMILES string of the molecule is CNC(C1CC1c1ccccc1)C1(c2ccccc2)CC1. The molecule has 108 valence electrons. The van der Waals surface area contributed by atoms with E-state index in [4.69, 9.17) is 0 Å². The first-order valence-corrected chi connectivity index (χ1v) is 8.13. The van der Waals surface area contributed by atoms with Crippen LogP contribution in [-0.4, -0.2) is 13.1 Å². The molecule has 0 amide bonds. The molecule has 2 aromatic carbocycles. The summed E-state index contributed by atoms with van der Waals surface area (Å²) in [5, 5.41) is 3.66. The Balaban J connectivity index is 1.57. The molecule has 3 unspecified atom stereocenters. The van der Waals surface area contributed by atoms with Gasteiger partial charge in [-0.05, 0) is 49.3 Å². The Morgan fingerprint density at radius 2 is 1.57 bits per heavy atom. The lowest BCUT2D eigenvalue weighted by Crippen LogP contribution is -2.40. The Morgan fingerprint density at radius 3 is 2.14 bits per heavy atom. The summed E-state index contributed by atoms with van der Waals surface area (Å²) in [5.74, 6) is 1.55. The van der Waals surface area contributed by atoms with Crippen LogP contribution < -0.4 is 5.32 Å². The van der Waals surface area contributed by atoms with Gasteiger partial charge in [-0.15, -0.1) is 0 Å². The van der Waals surface area contributed by atoms with Crippen LogP contribution in [0.25, 0.3) is 0 Å². The lowest BCUT2D eigenvalue weighted by atomic mass is 9.84. The molecule has 4 rings (SSSR count). The van der Waals surface area contributed by atoms with E-state index in [0.717, 1.165) is 11.8 Å². The standard InChI is InChI=1S/C20H23N/c1-21-19(18-14-17(18)15-8-4-2-5-9-15)20(12-13-20)16-10-6-3-7-11-16/h2-11,17-19,21H,12-14H2,1H3. The smallest absolute Gasteiger partial charge is 0.0195 e. The largest absolute Gasteiger partial charge is 0.316 e. The predicted molar refractivity (Wildman–Crippen MR) is 87.5 cm³/mol. The zero-order chi connectivity index (χ0) is 14.3. The first-order chi connectivity index (χ1) is 10.3. The highest BCUT2D eigenvalue weighted by Crippen LogP contribution is 2.60. The molecule has 21 heavy (non-hydrogen) atoms. The third-order valence-electron chi connectivity index (χ3n) is 5.54. The van der Waals surface area contributed by atoms with Crippen molar-refractivity contribution in [3.05, 3.63) is 71.8 Å². The molecule has 0 bridgehead atoms. The Kier molecular flexibility index (Phi) is 3.11. The van der Waals surface area contributed by atoms with Crippen molar-refractivity contribution in [1.82, 2.24) is 5.32 Å². The highest BCUT2D eigenvalue weighted by molar-refractivity contribution is 5.37. The number of hydrogen-bond donors (Lipinski definition) is 1. The van der Waals surface area contributed by atoms with Gasteiger partial charge in [-0.3, -0.25) is 0 Å². The van der Waals surface area contributed by atoms with E-state index in [0.29, 0.717) is 11.5 Å². The second-order valence-electron chi connectivity index (χ2n) is 6.71. The number of nitrogens with one attached hydrogen (secondary N) is 1. The first kappa shape index (κ1) is 13.1. The highest BCUT2D eigenvalue weighted by Gasteiger charge is 2.58. The van der Waals surface area contributed by atoms with E-state index in [1.165, 1.54) is 30.4 Å². The molecule has 2 aromatic rings. The molecule has 0 aliphatic heterocycles. The summed E-state index contributed by atoms with van der Waals surface area (Å²) in [5.41, 5.74) is 3.44. The summed E-state index contributed by atoms with van der Waals surface area (Å²) in [6, 6.07) is 22.8. The van der Waals surface area contributed by atoms with Gasteiger partial charge in [0, 0.05) is 11.5 Å². The summed E-state index contributed by atoms with van der Waals surface area (Å²) < 4.78 is 0. The highest BCUT2D eigenvalue weighted by atomic mass is 14.9. The van der Waals surface area contributed by atoms with Crippen LogP contribution in [0.3, 0.4) is 0 Å². The molecule has 1 nitrogen and oxygen atoms in total. The molecule has 0 radical (unpaired) electrons. The molecule has 0 saturated heterocycles. The fraction of sp³-hybridized carbons (Fsp3) is 0.400. The summed E-state index contributed by atoms with van der Waals surface area (Å²) in [6.07, 6.45) is 4.01. The minimum Gasteiger partial charge on any atom is -0.316 e. The Labute approximate surface area is 127 Å². The second-order valence-corrected chi connectivity index (χ2v) is 6.71. The molecule has 0 spiro atoms. The van der Waals surface area contributed by atoms with Gasteiger partial charge in [-0.2, -0.15) is 0 Å². The fourth-order valence-corrected chi connectivity index (χ4v) is 4.25. The zero-order valence-corrected chi connectivity index (χ0v) is 12.6. The summed E-state index contributed by atoms with van der Waals surface area (Å²) in [4.78, 5) is 0.